The van der Waals surface area contributed by atoms with Gasteiger partial charge in [-0.15, -0.1) is 0 Å². The van der Waals surface area contributed by atoms with Gasteiger partial charge in [0.05, 0.1) is 24.8 Å². The number of nitrogens with one attached hydrogen (secondary N) is 1. The SMILES string of the molecule is CCOC(=O)C[C@H](NC(=O)[C@H](CC(C)C)n1nc(CCN2CC(F)C2)cc(C)c1=O)c1cc(-c2c(C)cc(C)cc2C)cc(C)c1F. The molecule has 1 aliphatic rings. The lowest BCUT2D eigenvalue weighted by atomic mass is 9.89. The standard InChI is InChI=1S/C37H48F2N4O4/c1-9-47-33(44)18-31(30-17-27(15-25(7)35(30)39)34-23(5)13-22(4)14-24(34)6)40-36(45)32(12-21(2)3)43-37(46)26(8)16-29(41-43)10-11-42-19-28(38)20-42/h13-17,21,28,31-32H,9-12,18-20H2,1-8H3,(H,40,45)/t31-,32-/m0/s1. The fourth-order valence-electron chi connectivity index (χ4n) is 6.49. The van der Waals surface area contributed by atoms with E-state index >= 15 is 4.39 Å². The Morgan fingerprint density at radius 1 is 1.00 bits per heavy atom. The number of aryl methyl sites for hydroxylation is 5. The van der Waals surface area contributed by atoms with Gasteiger partial charge in [0, 0.05) is 37.2 Å². The van der Waals surface area contributed by atoms with Crippen LogP contribution in [0.5, 0.6) is 0 Å². The Bertz CT molecular complexity index is 1660. The Hall–Kier alpha value is -3.92. The average molecular weight is 651 g/mol. The van der Waals surface area contributed by atoms with Gasteiger partial charge < -0.3 is 10.1 Å². The molecule has 254 valence electrons. The summed E-state index contributed by atoms with van der Waals surface area (Å²) in [5.74, 6) is -1.66. The number of alkyl halides is 1. The van der Waals surface area contributed by atoms with Crippen molar-refractivity contribution < 1.29 is 23.1 Å². The molecule has 1 aromatic heterocycles. The van der Waals surface area contributed by atoms with Crippen molar-refractivity contribution in [3.63, 3.8) is 0 Å². The monoisotopic (exact) mass is 650 g/mol. The molecule has 0 aliphatic carbocycles. The molecule has 1 fully saturated rings. The van der Waals surface area contributed by atoms with Gasteiger partial charge in [-0.2, -0.15) is 5.10 Å². The predicted molar refractivity (Wildman–Crippen MR) is 180 cm³/mol. The number of halogens is 2. The molecule has 0 saturated carbocycles. The van der Waals surface area contributed by atoms with Crippen LogP contribution in [0.15, 0.2) is 35.1 Å². The zero-order valence-corrected chi connectivity index (χ0v) is 28.9. The average Bonchev–Trinajstić information content (AvgIpc) is 2.96. The van der Waals surface area contributed by atoms with Crippen LogP contribution in [0, 0.1) is 46.4 Å². The zero-order chi connectivity index (χ0) is 34.6. The molecular formula is C37H48F2N4O4. The van der Waals surface area contributed by atoms with E-state index in [2.05, 4.69) is 22.5 Å². The first kappa shape index (κ1) is 35.9. The molecule has 2 atom stereocenters. The maximum absolute atomic E-state index is 16.0. The molecule has 1 saturated heterocycles. The van der Waals surface area contributed by atoms with Crippen molar-refractivity contribution in [1.29, 1.82) is 0 Å². The van der Waals surface area contributed by atoms with E-state index in [1.165, 1.54) is 4.68 Å². The van der Waals surface area contributed by atoms with Crippen molar-refractivity contribution in [3.05, 3.63) is 85.6 Å². The minimum absolute atomic E-state index is 0.00397. The lowest BCUT2D eigenvalue weighted by molar-refractivity contribution is -0.144. The molecule has 8 nitrogen and oxygen atoms in total. The van der Waals surface area contributed by atoms with Crippen LogP contribution in [0.25, 0.3) is 11.1 Å². The number of carbonyl (C=O) groups excluding carboxylic acids is 2. The van der Waals surface area contributed by atoms with E-state index in [-0.39, 0.29) is 30.9 Å². The van der Waals surface area contributed by atoms with Gasteiger partial charge >= 0.3 is 5.97 Å². The summed E-state index contributed by atoms with van der Waals surface area (Å²) in [6.45, 7) is 16.4. The molecule has 4 rings (SSSR count). The van der Waals surface area contributed by atoms with Gasteiger partial charge in [-0.3, -0.25) is 19.3 Å². The highest BCUT2D eigenvalue weighted by atomic mass is 19.1. The van der Waals surface area contributed by atoms with Crippen molar-refractivity contribution in [3.8, 4) is 11.1 Å². The first-order valence-corrected chi connectivity index (χ1v) is 16.5. The quantitative estimate of drug-likeness (QED) is 0.222. The highest BCUT2D eigenvalue weighted by Crippen LogP contribution is 2.34. The molecule has 1 amide bonds. The van der Waals surface area contributed by atoms with Crippen LogP contribution in [-0.2, 0) is 20.7 Å². The molecule has 1 N–H and O–H groups in total. The third-order valence-electron chi connectivity index (χ3n) is 8.67. The number of amides is 1. The van der Waals surface area contributed by atoms with Gasteiger partial charge in [-0.05, 0) is 99.9 Å². The number of hydrogen-bond donors (Lipinski definition) is 1. The number of likely N-dealkylation sites (tertiary alicyclic amines) is 1. The van der Waals surface area contributed by atoms with E-state index < -0.39 is 41.5 Å². The number of nitrogens with zero attached hydrogens (tertiary/aromatic N) is 3. The molecule has 0 unspecified atom stereocenters. The lowest BCUT2D eigenvalue weighted by Gasteiger charge is -2.34. The summed E-state index contributed by atoms with van der Waals surface area (Å²) in [6, 6.07) is 7.23. The summed E-state index contributed by atoms with van der Waals surface area (Å²) < 4.78 is 35.8. The molecule has 2 heterocycles. The van der Waals surface area contributed by atoms with E-state index in [1.807, 2.05) is 39.5 Å². The Morgan fingerprint density at radius 2 is 1.66 bits per heavy atom. The van der Waals surface area contributed by atoms with Crippen molar-refractivity contribution >= 4 is 11.9 Å². The summed E-state index contributed by atoms with van der Waals surface area (Å²) in [4.78, 5) is 42.5. The van der Waals surface area contributed by atoms with Gasteiger partial charge in [0.15, 0.2) is 0 Å². The van der Waals surface area contributed by atoms with Gasteiger partial charge in [0.2, 0.25) is 5.91 Å². The van der Waals surface area contributed by atoms with Gasteiger partial charge in [0.25, 0.3) is 5.56 Å². The minimum Gasteiger partial charge on any atom is -0.466 e. The van der Waals surface area contributed by atoms with Crippen molar-refractivity contribution in [2.45, 2.75) is 92.9 Å². The maximum Gasteiger partial charge on any atom is 0.308 e. The number of esters is 1. The highest BCUT2D eigenvalue weighted by molar-refractivity contribution is 5.82. The second kappa shape index (κ2) is 15.3. The van der Waals surface area contributed by atoms with Crippen LogP contribution in [0.2, 0.25) is 0 Å². The number of benzene rings is 2. The molecule has 2 aromatic carbocycles. The predicted octanol–water partition coefficient (Wildman–Crippen LogP) is 6.19. The second-order valence-electron chi connectivity index (χ2n) is 13.4. The molecule has 0 bridgehead atoms. The Labute approximate surface area is 276 Å². The van der Waals surface area contributed by atoms with Crippen LogP contribution in [0.1, 0.15) is 84.8 Å². The molecular weight excluding hydrogens is 602 g/mol. The molecule has 10 heteroatoms. The Morgan fingerprint density at radius 3 is 2.26 bits per heavy atom. The normalized spacial score (nSPS) is 15.0. The van der Waals surface area contributed by atoms with Crippen LogP contribution in [0.4, 0.5) is 8.78 Å². The van der Waals surface area contributed by atoms with Crippen LogP contribution in [0.3, 0.4) is 0 Å². The number of ether oxygens (including phenoxy) is 1. The molecule has 0 spiro atoms. The largest absolute Gasteiger partial charge is 0.466 e. The number of hydrogen-bond acceptors (Lipinski definition) is 6. The summed E-state index contributed by atoms with van der Waals surface area (Å²) in [6.07, 6.45) is -0.344. The summed E-state index contributed by atoms with van der Waals surface area (Å²) >= 11 is 0. The summed E-state index contributed by atoms with van der Waals surface area (Å²) in [7, 11) is 0. The number of rotatable bonds is 13. The Kier molecular flexibility index (Phi) is 11.7. The fraction of sp³-hybridized carbons (Fsp3) is 0.514. The van der Waals surface area contributed by atoms with Gasteiger partial charge in [-0.25, -0.2) is 13.5 Å². The van der Waals surface area contributed by atoms with Crippen molar-refractivity contribution in [2.24, 2.45) is 5.92 Å². The summed E-state index contributed by atoms with van der Waals surface area (Å²) in [5.41, 5.74) is 6.10. The van der Waals surface area contributed by atoms with Crippen LogP contribution >= 0.6 is 0 Å². The smallest absolute Gasteiger partial charge is 0.308 e. The lowest BCUT2D eigenvalue weighted by Crippen LogP contribution is -2.49. The van der Waals surface area contributed by atoms with E-state index in [1.54, 1.807) is 39.0 Å². The van der Waals surface area contributed by atoms with Crippen LogP contribution < -0.4 is 10.9 Å². The van der Waals surface area contributed by atoms with Crippen LogP contribution in [-0.4, -0.2) is 59.0 Å². The third kappa shape index (κ3) is 8.71. The molecule has 0 radical (unpaired) electrons. The van der Waals surface area contributed by atoms with E-state index in [0.29, 0.717) is 42.9 Å². The number of aromatic nitrogens is 2. The molecule has 1 aliphatic heterocycles. The number of carbonyl (C=O) groups is 2. The zero-order valence-electron chi connectivity index (χ0n) is 28.9. The van der Waals surface area contributed by atoms with E-state index in [0.717, 1.165) is 27.8 Å². The minimum atomic E-state index is -1.07. The first-order valence-electron chi connectivity index (χ1n) is 16.5. The topological polar surface area (TPSA) is 93.5 Å². The fourth-order valence-corrected chi connectivity index (χ4v) is 6.49. The van der Waals surface area contributed by atoms with Crippen molar-refractivity contribution in [2.75, 3.05) is 26.2 Å². The molecule has 47 heavy (non-hydrogen) atoms. The third-order valence-corrected chi connectivity index (χ3v) is 8.67. The second-order valence-corrected chi connectivity index (χ2v) is 13.4. The Balaban J connectivity index is 1.74. The highest BCUT2D eigenvalue weighted by Gasteiger charge is 2.31. The van der Waals surface area contributed by atoms with E-state index in [4.69, 9.17) is 4.74 Å². The van der Waals surface area contributed by atoms with Crippen molar-refractivity contribution in [1.82, 2.24) is 20.0 Å². The summed E-state index contributed by atoms with van der Waals surface area (Å²) in [5, 5.41) is 7.52. The van der Waals surface area contributed by atoms with Gasteiger partial charge in [0.1, 0.15) is 18.0 Å². The molecule has 3 aromatic rings. The maximum atomic E-state index is 16.0. The van der Waals surface area contributed by atoms with E-state index in [9.17, 15) is 18.8 Å². The van der Waals surface area contributed by atoms with Gasteiger partial charge in [-0.1, -0.05) is 31.5 Å². The first-order chi connectivity index (χ1) is 22.2.